The van der Waals surface area contributed by atoms with Gasteiger partial charge in [-0.1, -0.05) is 104 Å². The molecule has 0 bridgehead atoms. The molecule has 0 N–H and O–H groups in total. The van der Waals surface area contributed by atoms with E-state index < -0.39 is 7.82 Å². The third-order valence-electron chi connectivity index (χ3n) is 6.06. The fourth-order valence-electron chi connectivity index (χ4n) is 3.81. The lowest BCUT2D eigenvalue weighted by Gasteiger charge is -2.31. The van der Waals surface area contributed by atoms with E-state index in [4.69, 9.17) is 9.05 Å². The van der Waals surface area contributed by atoms with E-state index in [2.05, 4.69) is 27.9 Å². The van der Waals surface area contributed by atoms with Gasteiger partial charge in [0.05, 0.1) is 27.2 Å². The first-order chi connectivity index (χ1) is 14.8. The first-order valence-corrected chi connectivity index (χ1v) is 14.7. The molecule has 0 aromatic heterocycles. The van der Waals surface area contributed by atoms with E-state index in [0.717, 1.165) is 30.3 Å². The minimum absolute atomic E-state index is 0.197. The van der Waals surface area contributed by atoms with Crippen LogP contribution in [0.15, 0.2) is 0 Å². The zero-order valence-corrected chi connectivity index (χ0v) is 22.3. The summed E-state index contributed by atoms with van der Waals surface area (Å²) in [7, 11) is 0.122. The van der Waals surface area contributed by atoms with Crippen molar-refractivity contribution in [1.82, 2.24) is 0 Å². The van der Waals surface area contributed by atoms with Crippen molar-refractivity contribution in [3.05, 3.63) is 0 Å². The highest BCUT2D eigenvalue weighted by atomic mass is 31.2. The Kier molecular flexibility index (Phi) is 20.7. The summed E-state index contributed by atoms with van der Waals surface area (Å²) in [5, 5.41) is 0. The maximum atomic E-state index is 11.9. The van der Waals surface area contributed by atoms with Crippen LogP contribution in [-0.4, -0.2) is 44.9 Å². The van der Waals surface area contributed by atoms with E-state index in [0.29, 0.717) is 6.54 Å². The van der Waals surface area contributed by atoms with E-state index in [1.54, 1.807) is 0 Å². The molecule has 0 saturated heterocycles. The van der Waals surface area contributed by atoms with Crippen molar-refractivity contribution in [3.63, 3.8) is 0 Å². The summed E-state index contributed by atoms with van der Waals surface area (Å²) < 4.78 is 22.8. The molecule has 6 heteroatoms. The first-order valence-electron chi connectivity index (χ1n) is 13.2. The number of hydrogen-bond acceptors (Lipinski definition) is 4. The van der Waals surface area contributed by atoms with Gasteiger partial charge in [-0.2, -0.15) is 0 Å². The number of unbranched alkanes of at least 4 members (excludes halogenated alkanes) is 15. The molecule has 5 nitrogen and oxygen atoms in total. The van der Waals surface area contributed by atoms with Crippen LogP contribution in [0.25, 0.3) is 0 Å². The van der Waals surface area contributed by atoms with Crippen LogP contribution < -0.4 is 4.89 Å². The summed E-state index contributed by atoms with van der Waals surface area (Å²) in [6.07, 6.45) is 21.2. The number of phosphoric ester groups is 1. The fourth-order valence-corrected chi connectivity index (χ4v) is 4.54. The van der Waals surface area contributed by atoms with Crippen molar-refractivity contribution >= 4 is 7.82 Å². The highest BCUT2D eigenvalue weighted by molar-refractivity contribution is 7.45. The van der Waals surface area contributed by atoms with Gasteiger partial charge in [-0.15, -0.1) is 0 Å². The second kappa shape index (κ2) is 20.7. The molecule has 0 saturated carbocycles. The highest BCUT2D eigenvalue weighted by Crippen LogP contribution is 2.38. The van der Waals surface area contributed by atoms with Crippen molar-refractivity contribution in [3.8, 4) is 0 Å². The molecular formula is C25H54NO4P. The summed E-state index contributed by atoms with van der Waals surface area (Å²) in [5.41, 5.74) is 0. The quantitative estimate of drug-likeness (QED) is 0.0860. The van der Waals surface area contributed by atoms with Gasteiger partial charge in [0.1, 0.15) is 13.2 Å². The largest absolute Gasteiger partial charge is 0.756 e. The van der Waals surface area contributed by atoms with Crippen LogP contribution in [0.1, 0.15) is 123 Å². The van der Waals surface area contributed by atoms with Gasteiger partial charge in [-0.3, -0.25) is 4.57 Å². The Morgan fingerprint density at radius 3 is 1.45 bits per heavy atom. The average Bonchev–Trinajstić information content (AvgIpc) is 2.71. The molecule has 0 aliphatic rings. The zero-order chi connectivity index (χ0) is 23.3. The van der Waals surface area contributed by atoms with Gasteiger partial charge in [0, 0.05) is 0 Å². The van der Waals surface area contributed by atoms with Crippen molar-refractivity contribution < 1.29 is 23.0 Å². The lowest BCUT2D eigenvalue weighted by molar-refractivity contribution is -0.890. The van der Waals surface area contributed by atoms with Crippen LogP contribution in [0.2, 0.25) is 0 Å². The Labute approximate surface area is 194 Å². The molecule has 31 heavy (non-hydrogen) atoms. The summed E-state index contributed by atoms with van der Waals surface area (Å²) in [6, 6.07) is 0. The molecule has 0 heterocycles. The summed E-state index contributed by atoms with van der Waals surface area (Å²) in [6.45, 7) is 6.66. The topological polar surface area (TPSA) is 58.6 Å². The Bertz CT molecular complexity index is 432. The summed E-state index contributed by atoms with van der Waals surface area (Å²) >= 11 is 0. The van der Waals surface area contributed by atoms with Gasteiger partial charge in [0.2, 0.25) is 0 Å². The Morgan fingerprint density at radius 2 is 0.968 bits per heavy atom. The molecule has 0 fully saturated rings. The number of rotatable bonds is 24. The molecule has 0 radical (unpaired) electrons. The van der Waals surface area contributed by atoms with Gasteiger partial charge in [0.15, 0.2) is 0 Å². The van der Waals surface area contributed by atoms with E-state index in [-0.39, 0.29) is 13.2 Å². The number of nitrogens with zero attached hydrogens (tertiary/aromatic N) is 1. The Morgan fingerprint density at radius 1 is 0.581 bits per heavy atom. The smallest absolute Gasteiger partial charge is 0.268 e. The number of phosphoric acid groups is 1. The van der Waals surface area contributed by atoms with Crippen molar-refractivity contribution in [2.45, 2.75) is 123 Å². The van der Waals surface area contributed by atoms with Crippen LogP contribution >= 0.6 is 7.82 Å². The SMILES string of the molecule is CCCCCCCCCCCOP(=O)([O-])OCC[N+](C)(C)CCCCCCCCCC. The van der Waals surface area contributed by atoms with Crippen LogP contribution in [-0.2, 0) is 13.6 Å². The molecule has 1 atom stereocenters. The van der Waals surface area contributed by atoms with Crippen LogP contribution in [0.5, 0.6) is 0 Å². The highest BCUT2D eigenvalue weighted by Gasteiger charge is 2.17. The Balaban J connectivity index is 3.63. The molecule has 0 rings (SSSR count). The first kappa shape index (κ1) is 31.1. The second-order valence-corrected chi connectivity index (χ2v) is 11.2. The molecule has 0 aliphatic carbocycles. The monoisotopic (exact) mass is 463 g/mol. The zero-order valence-electron chi connectivity index (χ0n) is 21.4. The minimum Gasteiger partial charge on any atom is -0.756 e. The molecular weight excluding hydrogens is 409 g/mol. The number of quaternary nitrogens is 1. The van der Waals surface area contributed by atoms with Crippen molar-refractivity contribution in [2.24, 2.45) is 0 Å². The van der Waals surface area contributed by atoms with Gasteiger partial charge < -0.3 is 18.4 Å². The van der Waals surface area contributed by atoms with Crippen molar-refractivity contribution in [2.75, 3.05) is 40.4 Å². The summed E-state index contributed by atoms with van der Waals surface area (Å²) in [4.78, 5) is 11.9. The van der Waals surface area contributed by atoms with Gasteiger partial charge in [-0.25, -0.2) is 0 Å². The van der Waals surface area contributed by atoms with Crippen LogP contribution in [0.4, 0.5) is 0 Å². The lowest BCUT2D eigenvalue weighted by Crippen LogP contribution is -2.43. The molecule has 0 aliphatic heterocycles. The molecule has 0 spiro atoms. The molecule has 0 aromatic rings. The van der Waals surface area contributed by atoms with Gasteiger partial charge in [0.25, 0.3) is 7.82 Å². The fraction of sp³-hybridized carbons (Fsp3) is 1.00. The van der Waals surface area contributed by atoms with Gasteiger partial charge >= 0.3 is 0 Å². The Hall–Kier alpha value is 0.0700. The maximum Gasteiger partial charge on any atom is 0.268 e. The maximum absolute atomic E-state index is 11.9. The third-order valence-corrected chi connectivity index (χ3v) is 7.06. The average molecular weight is 464 g/mol. The lowest BCUT2D eigenvalue weighted by atomic mass is 10.1. The molecule has 0 amide bonds. The van der Waals surface area contributed by atoms with Crippen molar-refractivity contribution in [1.29, 1.82) is 0 Å². The standard InChI is InChI=1S/C25H54NO4P/c1-5-7-9-11-13-15-17-19-21-24-29-31(27,28)30-25-23-26(3,4)22-20-18-16-14-12-10-8-6-2/h5-25H2,1-4H3. The predicted octanol–water partition coefficient (Wildman–Crippen LogP) is 7.24. The van der Waals surface area contributed by atoms with Crippen LogP contribution in [0, 0.1) is 0 Å². The molecule has 188 valence electrons. The van der Waals surface area contributed by atoms with E-state index in [1.807, 2.05) is 0 Å². The third kappa shape index (κ3) is 23.0. The molecule has 1 unspecified atom stereocenters. The van der Waals surface area contributed by atoms with E-state index in [1.165, 1.54) is 89.9 Å². The van der Waals surface area contributed by atoms with Gasteiger partial charge in [-0.05, 0) is 19.3 Å². The number of likely N-dealkylation sites (N-methyl/N-ethyl adjacent to an activating group) is 1. The van der Waals surface area contributed by atoms with E-state index >= 15 is 0 Å². The number of hydrogen-bond donors (Lipinski definition) is 0. The van der Waals surface area contributed by atoms with E-state index in [9.17, 15) is 9.46 Å². The summed E-state index contributed by atoms with van der Waals surface area (Å²) in [5.74, 6) is 0. The minimum atomic E-state index is -4.16. The normalized spacial score (nSPS) is 14.1. The second-order valence-electron chi connectivity index (χ2n) is 9.80. The van der Waals surface area contributed by atoms with Crippen LogP contribution in [0.3, 0.4) is 0 Å². The predicted molar refractivity (Wildman–Crippen MR) is 131 cm³/mol. The molecule has 0 aromatic carbocycles.